The van der Waals surface area contributed by atoms with Gasteiger partial charge in [0.05, 0.1) is 23.4 Å². The highest BCUT2D eigenvalue weighted by atomic mass is 35.5. The van der Waals surface area contributed by atoms with Crippen LogP contribution in [0.5, 0.6) is 0 Å². The second-order valence-corrected chi connectivity index (χ2v) is 5.03. The van der Waals surface area contributed by atoms with Crippen LogP contribution in [0.15, 0.2) is 12.1 Å². The van der Waals surface area contributed by atoms with Crippen molar-refractivity contribution in [1.29, 1.82) is 0 Å². The van der Waals surface area contributed by atoms with Gasteiger partial charge in [0.1, 0.15) is 5.82 Å². The van der Waals surface area contributed by atoms with Gasteiger partial charge in [0.15, 0.2) is 0 Å². The van der Waals surface area contributed by atoms with E-state index in [-0.39, 0.29) is 6.10 Å². The summed E-state index contributed by atoms with van der Waals surface area (Å²) in [5, 5.41) is 3.64. The number of aromatic nitrogens is 1. The van der Waals surface area contributed by atoms with E-state index in [1.54, 1.807) is 0 Å². The fourth-order valence-electron chi connectivity index (χ4n) is 1.68. The van der Waals surface area contributed by atoms with Gasteiger partial charge >= 0.3 is 0 Å². The van der Waals surface area contributed by atoms with Crippen molar-refractivity contribution >= 4 is 17.4 Å². The van der Waals surface area contributed by atoms with Crippen molar-refractivity contribution in [3.05, 3.63) is 22.8 Å². The second kappa shape index (κ2) is 6.82. The molecule has 0 aromatic carbocycles. The first kappa shape index (κ1) is 14.3. The zero-order valence-corrected chi connectivity index (χ0v) is 11.7. The van der Waals surface area contributed by atoms with Crippen LogP contribution in [0.3, 0.4) is 0 Å². The number of hydrogen-bond acceptors (Lipinski definition) is 3. The summed E-state index contributed by atoms with van der Waals surface area (Å²) in [6.45, 7) is 6.91. The monoisotopic (exact) mass is 256 g/mol. The largest absolute Gasteiger partial charge is 0.373 e. The van der Waals surface area contributed by atoms with Crippen molar-refractivity contribution in [2.75, 3.05) is 12.4 Å². The summed E-state index contributed by atoms with van der Waals surface area (Å²) >= 11 is 6.07. The molecular weight excluding hydrogens is 236 g/mol. The van der Waals surface area contributed by atoms with E-state index in [1.165, 1.54) is 0 Å². The Labute approximate surface area is 109 Å². The van der Waals surface area contributed by atoms with E-state index in [4.69, 9.17) is 16.3 Å². The third kappa shape index (κ3) is 4.92. The first-order valence-electron chi connectivity index (χ1n) is 5.97. The molecule has 3 nitrogen and oxygen atoms in total. The van der Waals surface area contributed by atoms with Crippen molar-refractivity contribution in [3.8, 4) is 0 Å². The molecule has 0 saturated carbocycles. The first-order valence-corrected chi connectivity index (χ1v) is 6.35. The molecule has 4 heteroatoms. The number of hydrogen-bond donors (Lipinski definition) is 1. The Morgan fingerprint density at radius 3 is 2.65 bits per heavy atom. The van der Waals surface area contributed by atoms with Gasteiger partial charge in [0, 0.05) is 7.05 Å². The maximum atomic E-state index is 6.07. The van der Waals surface area contributed by atoms with Crippen LogP contribution in [0.4, 0.5) is 5.82 Å². The minimum absolute atomic E-state index is 0.228. The molecule has 0 amide bonds. The van der Waals surface area contributed by atoms with Gasteiger partial charge in [-0.15, -0.1) is 0 Å². The fourth-order valence-corrected chi connectivity index (χ4v) is 1.84. The maximum Gasteiger partial charge on any atom is 0.126 e. The lowest BCUT2D eigenvalue weighted by atomic mass is 10.1. The molecule has 1 rings (SSSR count). The first-order chi connectivity index (χ1) is 8.02. The highest BCUT2D eigenvalue weighted by Gasteiger charge is 2.08. The zero-order chi connectivity index (χ0) is 12.8. The van der Waals surface area contributed by atoms with Gasteiger partial charge in [-0.2, -0.15) is 0 Å². The Kier molecular flexibility index (Phi) is 5.72. The Morgan fingerprint density at radius 1 is 1.35 bits per heavy atom. The molecule has 0 fully saturated rings. The van der Waals surface area contributed by atoms with Crippen molar-refractivity contribution in [2.24, 2.45) is 5.92 Å². The highest BCUT2D eigenvalue weighted by Crippen LogP contribution is 2.18. The predicted octanol–water partition coefficient (Wildman–Crippen LogP) is 3.73. The Bertz CT molecular complexity index is 355. The summed E-state index contributed by atoms with van der Waals surface area (Å²) in [7, 11) is 1.84. The molecule has 0 spiro atoms. The zero-order valence-electron chi connectivity index (χ0n) is 11.0. The fraction of sp³-hybridized carbons (Fsp3) is 0.615. The molecule has 0 saturated heterocycles. The Morgan fingerprint density at radius 2 is 2.06 bits per heavy atom. The molecule has 1 heterocycles. The molecule has 1 aromatic rings. The number of rotatable bonds is 6. The van der Waals surface area contributed by atoms with Crippen molar-refractivity contribution in [2.45, 2.75) is 39.9 Å². The van der Waals surface area contributed by atoms with Crippen molar-refractivity contribution < 1.29 is 4.74 Å². The van der Waals surface area contributed by atoms with Gasteiger partial charge in [-0.25, -0.2) is 4.98 Å². The van der Waals surface area contributed by atoms with E-state index in [1.807, 2.05) is 19.2 Å². The van der Waals surface area contributed by atoms with Gasteiger partial charge in [-0.05, 0) is 31.4 Å². The number of ether oxygens (including phenoxy) is 1. The Balaban J connectivity index is 2.56. The number of nitrogens with one attached hydrogen (secondary N) is 1. The molecule has 0 bridgehead atoms. The van der Waals surface area contributed by atoms with Crippen LogP contribution in [-0.4, -0.2) is 18.1 Å². The van der Waals surface area contributed by atoms with Crippen molar-refractivity contribution in [1.82, 2.24) is 4.98 Å². The van der Waals surface area contributed by atoms with Crippen LogP contribution in [0, 0.1) is 5.92 Å². The van der Waals surface area contributed by atoms with E-state index < -0.39 is 0 Å². The molecule has 1 unspecified atom stereocenters. The van der Waals surface area contributed by atoms with Gasteiger partial charge in [0.2, 0.25) is 0 Å². The molecular formula is C13H21ClN2O. The van der Waals surface area contributed by atoms with Crippen LogP contribution in [0.2, 0.25) is 5.02 Å². The summed E-state index contributed by atoms with van der Waals surface area (Å²) < 4.78 is 5.74. The molecule has 0 aliphatic rings. The van der Waals surface area contributed by atoms with Gasteiger partial charge in [-0.1, -0.05) is 25.4 Å². The van der Waals surface area contributed by atoms with E-state index in [0.29, 0.717) is 17.5 Å². The lowest BCUT2D eigenvalue weighted by molar-refractivity contribution is 0.0380. The number of nitrogens with zero attached hydrogens (tertiary/aromatic N) is 1. The second-order valence-electron chi connectivity index (χ2n) is 4.63. The summed E-state index contributed by atoms with van der Waals surface area (Å²) in [6, 6.07) is 3.69. The molecule has 96 valence electrons. The van der Waals surface area contributed by atoms with Crippen LogP contribution in [-0.2, 0) is 11.3 Å². The van der Waals surface area contributed by atoms with E-state index in [9.17, 15) is 0 Å². The van der Waals surface area contributed by atoms with Crippen molar-refractivity contribution in [3.63, 3.8) is 0 Å². The minimum atomic E-state index is 0.228. The molecule has 1 atom stereocenters. The van der Waals surface area contributed by atoms with Crippen LogP contribution >= 0.6 is 11.6 Å². The third-order valence-electron chi connectivity index (χ3n) is 2.48. The summed E-state index contributed by atoms with van der Waals surface area (Å²) in [5.41, 5.74) is 0.786. The molecule has 0 aliphatic carbocycles. The lowest BCUT2D eigenvalue weighted by Crippen LogP contribution is -2.12. The molecule has 0 radical (unpaired) electrons. The molecule has 1 N–H and O–H groups in total. The number of halogens is 1. The SMILES string of the molecule is CNc1ccc(Cl)c(COC(C)CC(C)C)n1. The average Bonchev–Trinajstić information content (AvgIpc) is 2.27. The van der Waals surface area contributed by atoms with Gasteiger partial charge in [0.25, 0.3) is 0 Å². The van der Waals surface area contributed by atoms with Crippen LogP contribution < -0.4 is 5.32 Å². The highest BCUT2D eigenvalue weighted by molar-refractivity contribution is 6.31. The molecule has 1 aromatic heterocycles. The average molecular weight is 257 g/mol. The molecule has 0 aliphatic heterocycles. The van der Waals surface area contributed by atoms with Crippen LogP contribution in [0.25, 0.3) is 0 Å². The topological polar surface area (TPSA) is 34.1 Å². The van der Waals surface area contributed by atoms with Gasteiger partial charge < -0.3 is 10.1 Å². The minimum Gasteiger partial charge on any atom is -0.373 e. The Hall–Kier alpha value is -0.800. The van der Waals surface area contributed by atoms with E-state index >= 15 is 0 Å². The quantitative estimate of drug-likeness (QED) is 0.842. The lowest BCUT2D eigenvalue weighted by Gasteiger charge is -2.15. The predicted molar refractivity (Wildman–Crippen MR) is 72.5 cm³/mol. The van der Waals surface area contributed by atoms with E-state index in [2.05, 4.69) is 31.1 Å². The number of pyridine rings is 1. The smallest absolute Gasteiger partial charge is 0.126 e. The maximum absolute atomic E-state index is 6.07. The standard InChI is InChI=1S/C13H21ClN2O/c1-9(2)7-10(3)17-8-12-11(14)5-6-13(15-4)16-12/h5-6,9-10H,7-8H2,1-4H3,(H,15,16). The van der Waals surface area contributed by atoms with Gasteiger partial charge in [-0.3, -0.25) is 0 Å². The normalized spacial score (nSPS) is 12.8. The summed E-state index contributed by atoms with van der Waals surface area (Å²) in [4.78, 5) is 4.37. The number of anilines is 1. The van der Waals surface area contributed by atoms with Crippen LogP contribution in [0.1, 0.15) is 32.9 Å². The third-order valence-corrected chi connectivity index (χ3v) is 2.83. The summed E-state index contributed by atoms with van der Waals surface area (Å²) in [5.74, 6) is 1.45. The molecule has 17 heavy (non-hydrogen) atoms. The summed E-state index contributed by atoms with van der Waals surface area (Å²) in [6.07, 6.45) is 1.27. The van der Waals surface area contributed by atoms with E-state index in [0.717, 1.165) is 17.9 Å².